The largest absolute Gasteiger partial charge is 0.412 e. The molecule has 0 aromatic heterocycles. The van der Waals surface area contributed by atoms with E-state index in [-0.39, 0.29) is 13.0 Å². The molecule has 6 heteroatoms. The van der Waals surface area contributed by atoms with Crippen LogP contribution < -0.4 is 5.73 Å². The predicted octanol–water partition coefficient (Wildman–Crippen LogP) is 3.62. The van der Waals surface area contributed by atoms with Gasteiger partial charge >= 0.3 is 6.18 Å². The Hall–Kier alpha value is -1.20. The number of hydrogen-bond donors (Lipinski definition) is 1. The average Bonchev–Trinajstić information content (AvgIpc) is 2.32. The zero-order valence-corrected chi connectivity index (χ0v) is 10.9. The standard InChI is InChI=1S/C13H14ClF3N2/c14-12-7-11(18)2-1-9(12)8-19-5-3-10(4-6-19)13(15,16)17/h1-3,7H,4-6,8,18H2. The van der Waals surface area contributed by atoms with Gasteiger partial charge in [-0.05, 0) is 24.1 Å². The summed E-state index contributed by atoms with van der Waals surface area (Å²) in [4.78, 5) is 1.92. The Kier molecular flexibility index (Phi) is 4.06. The molecule has 1 heterocycles. The van der Waals surface area contributed by atoms with Gasteiger partial charge in [0, 0.05) is 35.9 Å². The van der Waals surface area contributed by atoms with Gasteiger partial charge in [0.15, 0.2) is 0 Å². The molecule has 1 aliphatic heterocycles. The fourth-order valence-electron chi connectivity index (χ4n) is 2.04. The minimum absolute atomic E-state index is 0.0239. The van der Waals surface area contributed by atoms with Crippen molar-refractivity contribution in [2.24, 2.45) is 0 Å². The molecule has 0 aliphatic carbocycles. The van der Waals surface area contributed by atoms with Crippen LogP contribution in [0.5, 0.6) is 0 Å². The van der Waals surface area contributed by atoms with Crippen molar-refractivity contribution >= 4 is 17.3 Å². The van der Waals surface area contributed by atoms with Crippen LogP contribution >= 0.6 is 11.6 Å². The van der Waals surface area contributed by atoms with Crippen molar-refractivity contribution in [3.8, 4) is 0 Å². The number of hydrogen-bond acceptors (Lipinski definition) is 2. The first-order valence-corrected chi connectivity index (χ1v) is 6.26. The maximum atomic E-state index is 12.5. The molecule has 2 N–H and O–H groups in total. The SMILES string of the molecule is Nc1ccc(CN2CC=C(C(F)(F)F)CC2)c(Cl)c1. The summed E-state index contributed by atoms with van der Waals surface area (Å²) in [5.41, 5.74) is 6.61. The molecular formula is C13H14ClF3N2. The van der Waals surface area contributed by atoms with Gasteiger partial charge in [0.2, 0.25) is 0 Å². The highest BCUT2D eigenvalue weighted by Gasteiger charge is 2.34. The van der Waals surface area contributed by atoms with Crippen LogP contribution in [-0.2, 0) is 6.54 Å². The van der Waals surface area contributed by atoms with Gasteiger partial charge in [-0.1, -0.05) is 23.7 Å². The first-order chi connectivity index (χ1) is 8.86. The molecule has 0 unspecified atom stereocenters. The van der Waals surface area contributed by atoms with E-state index in [2.05, 4.69) is 0 Å². The Labute approximate surface area is 114 Å². The van der Waals surface area contributed by atoms with E-state index in [0.717, 1.165) is 5.56 Å². The van der Waals surface area contributed by atoms with Gasteiger partial charge < -0.3 is 5.73 Å². The summed E-state index contributed by atoms with van der Waals surface area (Å²) in [7, 11) is 0. The van der Waals surface area contributed by atoms with Crippen LogP contribution in [0.4, 0.5) is 18.9 Å². The molecule has 1 aliphatic rings. The van der Waals surface area contributed by atoms with E-state index < -0.39 is 11.7 Å². The molecule has 0 saturated carbocycles. The average molecular weight is 291 g/mol. The molecule has 0 spiro atoms. The van der Waals surface area contributed by atoms with Crippen molar-refractivity contribution in [1.82, 2.24) is 4.90 Å². The van der Waals surface area contributed by atoms with Gasteiger partial charge in [0.1, 0.15) is 0 Å². The van der Waals surface area contributed by atoms with Crippen LogP contribution in [0.15, 0.2) is 29.8 Å². The first-order valence-electron chi connectivity index (χ1n) is 5.89. The molecule has 0 atom stereocenters. The number of nitrogens with zero attached hydrogens (tertiary/aromatic N) is 1. The smallest absolute Gasteiger partial charge is 0.399 e. The third-order valence-electron chi connectivity index (χ3n) is 3.13. The lowest BCUT2D eigenvalue weighted by molar-refractivity contribution is -0.0960. The Morgan fingerprint density at radius 2 is 2.05 bits per heavy atom. The second-order valence-electron chi connectivity index (χ2n) is 4.56. The van der Waals surface area contributed by atoms with E-state index in [1.807, 2.05) is 4.90 Å². The van der Waals surface area contributed by atoms with Gasteiger partial charge in [0.25, 0.3) is 0 Å². The van der Waals surface area contributed by atoms with Crippen LogP contribution in [0.3, 0.4) is 0 Å². The zero-order valence-electron chi connectivity index (χ0n) is 10.2. The van der Waals surface area contributed by atoms with Crippen molar-refractivity contribution in [2.75, 3.05) is 18.8 Å². The summed E-state index contributed by atoms with van der Waals surface area (Å²) in [6, 6.07) is 5.20. The fraction of sp³-hybridized carbons (Fsp3) is 0.385. The van der Waals surface area contributed by atoms with Gasteiger partial charge in [-0.25, -0.2) is 0 Å². The van der Waals surface area contributed by atoms with Crippen LogP contribution in [0.2, 0.25) is 5.02 Å². The molecular weight excluding hydrogens is 277 g/mol. The Balaban J connectivity index is 2.01. The zero-order chi connectivity index (χ0) is 14.0. The quantitative estimate of drug-likeness (QED) is 0.666. The maximum Gasteiger partial charge on any atom is 0.412 e. The van der Waals surface area contributed by atoms with E-state index in [1.165, 1.54) is 6.08 Å². The number of nitrogens with two attached hydrogens (primary N) is 1. The summed E-state index contributed by atoms with van der Waals surface area (Å²) < 4.78 is 37.4. The number of benzene rings is 1. The van der Waals surface area contributed by atoms with Crippen molar-refractivity contribution in [1.29, 1.82) is 0 Å². The molecule has 0 saturated heterocycles. The first kappa shape index (κ1) is 14.2. The highest BCUT2D eigenvalue weighted by atomic mass is 35.5. The van der Waals surface area contributed by atoms with E-state index >= 15 is 0 Å². The number of alkyl halides is 3. The Morgan fingerprint density at radius 3 is 2.58 bits per heavy atom. The maximum absolute atomic E-state index is 12.5. The molecule has 0 bridgehead atoms. The van der Waals surface area contributed by atoms with Crippen LogP contribution in [0.25, 0.3) is 0 Å². The fourth-order valence-corrected chi connectivity index (χ4v) is 2.29. The van der Waals surface area contributed by atoms with E-state index in [1.54, 1.807) is 18.2 Å². The molecule has 104 valence electrons. The second-order valence-corrected chi connectivity index (χ2v) is 4.97. The molecule has 1 aromatic carbocycles. The highest BCUT2D eigenvalue weighted by molar-refractivity contribution is 6.31. The van der Waals surface area contributed by atoms with Crippen molar-refractivity contribution < 1.29 is 13.2 Å². The van der Waals surface area contributed by atoms with Crippen LogP contribution in [0.1, 0.15) is 12.0 Å². The van der Waals surface area contributed by atoms with E-state index in [9.17, 15) is 13.2 Å². The number of halogens is 4. The topological polar surface area (TPSA) is 29.3 Å². The molecule has 0 radical (unpaired) electrons. The van der Waals surface area contributed by atoms with E-state index in [4.69, 9.17) is 17.3 Å². The molecule has 19 heavy (non-hydrogen) atoms. The minimum atomic E-state index is -4.20. The number of rotatable bonds is 2. The highest BCUT2D eigenvalue weighted by Crippen LogP contribution is 2.31. The third kappa shape index (κ3) is 3.64. The summed E-state index contributed by atoms with van der Waals surface area (Å²) >= 11 is 6.05. The second kappa shape index (κ2) is 5.43. The summed E-state index contributed by atoms with van der Waals surface area (Å²) in [5.74, 6) is 0. The monoisotopic (exact) mass is 290 g/mol. The number of nitrogen functional groups attached to an aromatic ring is 1. The van der Waals surface area contributed by atoms with Gasteiger partial charge in [-0.3, -0.25) is 4.90 Å². The van der Waals surface area contributed by atoms with Gasteiger partial charge in [0.05, 0.1) is 0 Å². The normalized spacial score (nSPS) is 17.4. The lowest BCUT2D eigenvalue weighted by Gasteiger charge is -2.27. The van der Waals surface area contributed by atoms with Crippen LogP contribution in [0, 0.1) is 0 Å². The van der Waals surface area contributed by atoms with E-state index in [0.29, 0.717) is 23.8 Å². The van der Waals surface area contributed by atoms with Crippen LogP contribution in [-0.4, -0.2) is 24.2 Å². The lowest BCUT2D eigenvalue weighted by atomic mass is 10.1. The lowest BCUT2D eigenvalue weighted by Crippen LogP contribution is -2.31. The van der Waals surface area contributed by atoms with Gasteiger partial charge in [-0.2, -0.15) is 13.2 Å². The summed E-state index contributed by atoms with van der Waals surface area (Å²) in [5, 5.41) is 0.547. The third-order valence-corrected chi connectivity index (χ3v) is 3.48. The number of anilines is 1. The van der Waals surface area contributed by atoms with Crippen molar-refractivity contribution in [3.05, 3.63) is 40.4 Å². The minimum Gasteiger partial charge on any atom is -0.399 e. The molecule has 1 aromatic rings. The Bertz CT molecular complexity index is 497. The summed E-state index contributed by atoms with van der Waals surface area (Å²) in [6.45, 7) is 1.20. The van der Waals surface area contributed by atoms with Crippen molar-refractivity contribution in [2.45, 2.75) is 19.1 Å². The molecule has 0 fully saturated rings. The van der Waals surface area contributed by atoms with Crippen molar-refractivity contribution in [3.63, 3.8) is 0 Å². The molecule has 2 rings (SSSR count). The molecule has 0 amide bonds. The van der Waals surface area contributed by atoms with Gasteiger partial charge in [-0.15, -0.1) is 0 Å². The molecule has 2 nitrogen and oxygen atoms in total. The predicted molar refractivity (Wildman–Crippen MR) is 69.9 cm³/mol. The summed E-state index contributed by atoms with van der Waals surface area (Å²) in [6.07, 6.45) is -2.93. The Morgan fingerprint density at radius 1 is 1.32 bits per heavy atom.